The van der Waals surface area contributed by atoms with Crippen LogP contribution < -0.4 is 25.3 Å². The Morgan fingerprint density at radius 2 is 1.87 bits per heavy atom. The average Bonchev–Trinajstić information content (AvgIpc) is 3.51. The van der Waals surface area contributed by atoms with Crippen LogP contribution in [0.15, 0.2) is 42.6 Å². The minimum Gasteiger partial charge on any atom is -0.340 e. The molecule has 3 atom stereocenters. The van der Waals surface area contributed by atoms with E-state index in [2.05, 4.69) is 20.7 Å². The number of aromatic nitrogens is 4. The molecule has 0 spiro atoms. The van der Waals surface area contributed by atoms with Crippen molar-refractivity contribution in [1.82, 2.24) is 25.1 Å². The lowest BCUT2D eigenvalue weighted by molar-refractivity contribution is -0.134. The van der Waals surface area contributed by atoms with Gasteiger partial charge in [0, 0.05) is 68.5 Å². The highest BCUT2D eigenvalue weighted by atomic mass is 35.5. The summed E-state index contributed by atoms with van der Waals surface area (Å²) in [6, 6.07) is 11.2. The molecule has 2 saturated heterocycles. The summed E-state index contributed by atoms with van der Waals surface area (Å²) in [5.74, 6) is -0.214. The Kier molecular flexibility index (Phi) is 7.58. The molecule has 3 aliphatic rings. The number of halogens is 1. The number of nitrogens with one attached hydrogen (secondary N) is 2. The molecule has 4 aromatic rings. The summed E-state index contributed by atoms with van der Waals surface area (Å²) in [5, 5.41) is 11.5. The molecular formula is C33H34ClN9O4. The standard InChI is InChI=1S/C33H34ClN9O4/c1-17-11-21(40(2)33-35-16-24(34)31(38-33)36-19-5-9-25-18(12-19)13-28(45)41(25)3)15-29(46)43(17)20-6-7-22-26(14-20)42(4)39-30(22)23-8-10-27(44)37-32(23)47/h5-7,9,12,14,16-17,21,23H,8,10-11,13,15H2,1-4H3,(H,35,36,38)(H,37,44,47)/t17-,21+,23?/m0/s1. The molecule has 2 fully saturated rings. The van der Waals surface area contributed by atoms with Crippen LogP contribution >= 0.6 is 11.6 Å². The fourth-order valence-electron chi connectivity index (χ4n) is 6.92. The zero-order chi connectivity index (χ0) is 33.1. The van der Waals surface area contributed by atoms with Crippen LogP contribution in [0.2, 0.25) is 5.02 Å². The van der Waals surface area contributed by atoms with Crippen LogP contribution in [0, 0.1) is 0 Å². The van der Waals surface area contributed by atoms with Gasteiger partial charge in [-0.2, -0.15) is 10.1 Å². The topological polar surface area (TPSA) is 146 Å². The first kappa shape index (κ1) is 30.6. The summed E-state index contributed by atoms with van der Waals surface area (Å²) >= 11 is 6.48. The van der Waals surface area contributed by atoms with E-state index in [0.717, 1.165) is 33.5 Å². The van der Waals surface area contributed by atoms with Gasteiger partial charge in [-0.25, -0.2) is 4.98 Å². The molecule has 0 aliphatic carbocycles. The minimum absolute atomic E-state index is 0.0301. The van der Waals surface area contributed by atoms with Gasteiger partial charge in [0.2, 0.25) is 29.6 Å². The monoisotopic (exact) mass is 655 g/mol. The maximum absolute atomic E-state index is 13.7. The van der Waals surface area contributed by atoms with Crippen molar-refractivity contribution in [3.8, 4) is 0 Å². The summed E-state index contributed by atoms with van der Waals surface area (Å²) in [6.45, 7) is 2.02. The van der Waals surface area contributed by atoms with E-state index in [1.807, 2.05) is 67.2 Å². The van der Waals surface area contributed by atoms with Gasteiger partial charge in [-0.1, -0.05) is 11.6 Å². The molecule has 13 nitrogen and oxygen atoms in total. The molecule has 2 N–H and O–H groups in total. The number of anilines is 5. The first-order valence-corrected chi connectivity index (χ1v) is 15.9. The maximum Gasteiger partial charge on any atom is 0.235 e. The van der Waals surface area contributed by atoms with Crippen molar-refractivity contribution in [3.63, 3.8) is 0 Å². The Bertz CT molecular complexity index is 1980. The fraction of sp³-hybridized carbons (Fsp3) is 0.364. The molecule has 2 aromatic carbocycles. The Morgan fingerprint density at radius 3 is 2.64 bits per heavy atom. The van der Waals surface area contributed by atoms with Crippen molar-refractivity contribution in [2.45, 2.75) is 57.0 Å². The lowest BCUT2D eigenvalue weighted by atomic mass is 9.92. The molecule has 2 aromatic heterocycles. The lowest BCUT2D eigenvalue weighted by Gasteiger charge is -2.40. The van der Waals surface area contributed by atoms with Crippen LogP contribution in [0.25, 0.3) is 10.9 Å². The van der Waals surface area contributed by atoms with E-state index in [1.165, 1.54) is 0 Å². The molecule has 5 heterocycles. The Balaban J connectivity index is 1.07. The van der Waals surface area contributed by atoms with E-state index >= 15 is 0 Å². The van der Waals surface area contributed by atoms with Gasteiger partial charge in [-0.3, -0.25) is 29.2 Å². The normalized spacial score (nSPS) is 21.3. The lowest BCUT2D eigenvalue weighted by Crippen LogP contribution is -2.51. The number of carbonyl (C=O) groups is 4. The van der Waals surface area contributed by atoms with Gasteiger partial charge >= 0.3 is 0 Å². The number of piperidine rings is 2. The zero-order valence-corrected chi connectivity index (χ0v) is 27.2. The van der Waals surface area contributed by atoms with Crippen LogP contribution in [-0.2, 0) is 32.6 Å². The van der Waals surface area contributed by atoms with Crippen molar-refractivity contribution in [1.29, 1.82) is 0 Å². The fourth-order valence-corrected chi connectivity index (χ4v) is 7.06. The summed E-state index contributed by atoms with van der Waals surface area (Å²) < 4.78 is 1.72. The van der Waals surface area contributed by atoms with Crippen LogP contribution in [0.4, 0.5) is 28.8 Å². The Morgan fingerprint density at radius 1 is 1.06 bits per heavy atom. The van der Waals surface area contributed by atoms with Crippen LogP contribution in [0.1, 0.15) is 49.8 Å². The first-order valence-electron chi connectivity index (χ1n) is 15.5. The molecular weight excluding hydrogens is 622 g/mol. The van der Waals surface area contributed by atoms with Crippen molar-refractivity contribution in [2.24, 2.45) is 7.05 Å². The molecule has 1 unspecified atom stereocenters. The number of aryl methyl sites for hydroxylation is 1. The molecule has 0 saturated carbocycles. The van der Waals surface area contributed by atoms with E-state index in [0.29, 0.717) is 41.7 Å². The van der Waals surface area contributed by atoms with E-state index < -0.39 is 5.92 Å². The molecule has 0 bridgehead atoms. The third-order valence-electron chi connectivity index (χ3n) is 9.46. The number of benzene rings is 2. The van der Waals surface area contributed by atoms with Crippen LogP contribution in [-0.4, -0.2) is 69.6 Å². The van der Waals surface area contributed by atoms with Gasteiger partial charge < -0.3 is 20.0 Å². The molecule has 7 rings (SSSR count). The summed E-state index contributed by atoms with van der Waals surface area (Å²) in [4.78, 5) is 64.6. The number of hydrogen-bond acceptors (Lipinski definition) is 9. The van der Waals surface area contributed by atoms with Gasteiger partial charge in [-0.05, 0) is 61.7 Å². The molecule has 3 aliphatic heterocycles. The second-order valence-corrected chi connectivity index (χ2v) is 12.9. The van der Waals surface area contributed by atoms with E-state index in [4.69, 9.17) is 16.6 Å². The predicted octanol–water partition coefficient (Wildman–Crippen LogP) is 3.82. The van der Waals surface area contributed by atoms with Crippen molar-refractivity contribution in [3.05, 3.63) is 58.9 Å². The molecule has 14 heteroatoms. The SMILES string of the molecule is C[C@H]1C[C@@H](N(C)c2ncc(Cl)c(Nc3ccc4c(c3)CC(=O)N4C)n2)CC(=O)N1c1ccc2c(C3CCC(=O)NC3=O)nn(C)c2c1. The smallest absolute Gasteiger partial charge is 0.235 e. The largest absolute Gasteiger partial charge is 0.340 e. The zero-order valence-electron chi connectivity index (χ0n) is 26.5. The van der Waals surface area contributed by atoms with Crippen molar-refractivity contribution >= 4 is 75.0 Å². The highest BCUT2D eigenvalue weighted by molar-refractivity contribution is 6.33. The number of imide groups is 1. The quantitative estimate of drug-likeness (QED) is 0.296. The highest BCUT2D eigenvalue weighted by Gasteiger charge is 2.36. The first-order chi connectivity index (χ1) is 22.5. The average molecular weight is 656 g/mol. The van der Waals surface area contributed by atoms with Crippen LogP contribution in [0.3, 0.4) is 0 Å². The van der Waals surface area contributed by atoms with E-state index in [9.17, 15) is 19.2 Å². The minimum atomic E-state index is -0.499. The Hall–Kier alpha value is -5.04. The van der Waals surface area contributed by atoms with E-state index in [-0.39, 0.29) is 48.6 Å². The van der Waals surface area contributed by atoms with Gasteiger partial charge in [0.05, 0.1) is 29.7 Å². The van der Waals surface area contributed by atoms with E-state index in [1.54, 1.807) is 22.8 Å². The number of carbonyl (C=O) groups excluding carboxylic acids is 4. The summed E-state index contributed by atoms with van der Waals surface area (Å²) in [5.41, 5.74) is 4.77. The predicted molar refractivity (Wildman–Crippen MR) is 178 cm³/mol. The van der Waals surface area contributed by atoms with Gasteiger partial charge in [0.15, 0.2) is 5.82 Å². The highest BCUT2D eigenvalue weighted by Crippen LogP contribution is 2.36. The third kappa shape index (κ3) is 5.43. The second kappa shape index (κ2) is 11.6. The second-order valence-electron chi connectivity index (χ2n) is 12.5. The molecule has 47 heavy (non-hydrogen) atoms. The number of fused-ring (bicyclic) bond motifs is 2. The molecule has 242 valence electrons. The molecule has 0 radical (unpaired) electrons. The summed E-state index contributed by atoms with van der Waals surface area (Å²) in [7, 11) is 5.45. The number of rotatable bonds is 6. The summed E-state index contributed by atoms with van der Waals surface area (Å²) in [6.07, 6.45) is 3.51. The number of nitrogens with zero attached hydrogens (tertiary/aromatic N) is 7. The number of amides is 4. The third-order valence-corrected chi connectivity index (χ3v) is 9.73. The van der Waals surface area contributed by atoms with Crippen molar-refractivity contribution < 1.29 is 19.2 Å². The molecule has 4 amide bonds. The number of hydrogen-bond donors (Lipinski definition) is 2. The van der Waals surface area contributed by atoms with Crippen molar-refractivity contribution in [2.75, 3.05) is 34.1 Å². The Labute approximate surface area is 275 Å². The maximum atomic E-state index is 13.7. The number of likely N-dealkylation sites (N-methyl/N-ethyl adjacent to an activating group) is 1. The van der Waals surface area contributed by atoms with Crippen LogP contribution in [0.5, 0.6) is 0 Å². The van der Waals surface area contributed by atoms with Gasteiger partial charge in [0.1, 0.15) is 5.02 Å². The van der Waals surface area contributed by atoms with Gasteiger partial charge in [-0.15, -0.1) is 0 Å². The van der Waals surface area contributed by atoms with Gasteiger partial charge in [0.25, 0.3) is 0 Å².